The second kappa shape index (κ2) is 7.58. The first-order valence-corrected chi connectivity index (χ1v) is 9.14. The van der Waals surface area contributed by atoms with E-state index in [-0.39, 0.29) is 5.56 Å². The number of aromatic amines is 1. The Labute approximate surface area is 156 Å². The molecule has 1 fully saturated rings. The number of morpholine rings is 1. The number of rotatable bonds is 6. The van der Waals surface area contributed by atoms with Crippen LogP contribution >= 0.6 is 0 Å². The molecule has 0 bridgehead atoms. The number of methoxy groups -OCH3 is 2. The summed E-state index contributed by atoms with van der Waals surface area (Å²) in [5.41, 5.74) is 1.91. The summed E-state index contributed by atoms with van der Waals surface area (Å²) in [5, 5.41) is 0.847. The van der Waals surface area contributed by atoms with Gasteiger partial charge < -0.3 is 19.2 Å². The maximum Gasteiger partial charge on any atom is 0.277 e. The molecule has 0 atom stereocenters. The van der Waals surface area contributed by atoms with Crippen molar-refractivity contribution < 1.29 is 14.2 Å². The topological polar surface area (TPSA) is 81.6 Å². The molecule has 0 amide bonds. The summed E-state index contributed by atoms with van der Waals surface area (Å²) in [6.07, 6.45) is 2.53. The van der Waals surface area contributed by atoms with Crippen LogP contribution in [0.4, 0.5) is 0 Å². The van der Waals surface area contributed by atoms with Crippen molar-refractivity contribution >= 4 is 21.9 Å². The lowest BCUT2D eigenvalue weighted by molar-refractivity contribution is 0.0369. The monoisotopic (exact) mass is 372 g/mol. The van der Waals surface area contributed by atoms with Crippen LogP contribution in [0.15, 0.2) is 23.3 Å². The fraction of sp³-hybridized carbons (Fsp3) is 0.474. The fourth-order valence-electron chi connectivity index (χ4n) is 3.57. The molecular weight excluding hydrogens is 348 g/mol. The molecule has 3 aromatic rings. The van der Waals surface area contributed by atoms with Crippen molar-refractivity contribution in [3.8, 4) is 11.5 Å². The minimum absolute atomic E-state index is 0.0592. The van der Waals surface area contributed by atoms with Crippen molar-refractivity contribution in [3.63, 3.8) is 0 Å². The average Bonchev–Trinajstić information content (AvgIpc) is 3.07. The van der Waals surface area contributed by atoms with Gasteiger partial charge in [-0.05, 0) is 12.5 Å². The Morgan fingerprint density at radius 2 is 1.89 bits per heavy atom. The number of aromatic nitrogens is 3. The van der Waals surface area contributed by atoms with E-state index < -0.39 is 0 Å². The van der Waals surface area contributed by atoms with Crippen LogP contribution in [0.3, 0.4) is 0 Å². The van der Waals surface area contributed by atoms with E-state index in [4.69, 9.17) is 14.2 Å². The van der Waals surface area contributed by atoms with Crippen LogP contribution in [0, 0.1) is 0 Å². The SMILES string of the molecule is COc1cc2[nH]c3c(=O)n(CCCN4CCOCC4)cnc3c2cc1OC. The molecule has 1 N–H and O–H groups in total. The third-order valence-electron chi connectivity index (χ3n) is 5.05. The number of nitrogens with zero attached hydrogens (tertiary/aromatic N) is 3. The zero-order chi connectivity index (χ0) is 18.8. The number of aryl methyl sites for hydroxylation is 1. The van der Waals surface area contributed by atoms with E-state index >= 15 is 0 Å². The van der Waals surface area contributed by atoms with Gasteiger partial charge in [-0.15, -0.1) is 0 Å². The number of hydrogen-bond donors (Lipinski definition) is 1. The minimum atomic E-state index is -0.0592. The van der Waals surface area contributed by atoms with Crippen LogP contribution in [0.25, 0.3) is 21.9 Å². The lowest BCUT2D eigenvalue weighted by Crippen LogP contribution is -2.37. The predicted octanol–water partition coefficient (Wildman–Crippen LogP) is 1.62. The van der Waals surface area contributed by atoms with Gasteiger partial charge in [0.25, 0.3) is 5.56 Å². The van der Waals surface area contributed by atoms with Gasteiger partial charge in [-0.2, -0.15) is 0 Å². The summed E-state index contributed by atoms with van der Waals surface area (Å²) >= 11 is 0. The molecule has 4 rings (SSSR count). The molecule has 3 heterocycles. The van der Waals surface area contributed by atoms with Crippen molar-refractivity contribution in [2.24, 2.45) is 0 Å². The molecule has 0 radical (unpaired) electrons. The van der Waals surface area contributed by atoms with Crippen molar-refractivity contribution in [1.82, 2.24) is 19.4 Å². The van der Waals surface area contributed by atoms with Crippen LogP contribution in [0.1, 0.15) is 6.42 Å². The molecule has 1 aliphatic heterocycles. The van der Waals surface area contributed by atoms with E-state index in [1.54, 1.807) is 25.1 Å². The van der Waals surface area contributed by atoms with Gasteiger partial charge in [0.1, 0.15) is 11.0 Å². The highest BCUT2D eigenvalue weighted by Crippen LogP contribution is 2.34. The molecule has 1 aliphatic rings. The molecule has 8 nitrogen and oxygen atoms in total. The molecule has 1 saturated heterocycles. The summed E-state index contributed by atoms with van der Waals surface area (Å²) < 4.78 is 17.7. The van der Waals surface area contributed by atoms with Gasteiger partial charge in [-0.1, -0.05) is 0 Å². The Balaban J connectivity index is 1.61. The Morgan fingerprint density at radius 1 is 1.15 bits per heavy atom. The van der Waals surface area contributed by atoms with Crippen molar-refractivity contribution in [2.75, 3.05) is 47.1 Å². The zero-order valence-electron chi connectivity index (χ0n) is 15.7. The number of fused-ring (bicyclic) bond motifs is 3. The lowest BCUT2D eigenvalue weighted by Gasteiger charge is -2.26. The first-order valence-electron chi connectivity index (χ1n) is 9.14. The number of hydrogen-bond acceptors (Lipinski definition) is 6. The summed E-state index contributed by atoms with van der Waals surface area (Å²) in [4.78, 5) is 23.0. The van der Waals surface area contributed by atoms with E-state index in [0.29, 0.717) is 29.1 Å². The second-order valence-electron chi connectivity index (χ2n) is 6.65. The maximum absolute atomic E-state index is 12.9. The molecule has 27 heavy (non-hydrogen) atoms. The van der Waals surface area contributed by atoms with Crippen LogP contribution in [0.5, 0.6) is 11.5 Å². The highest BCUT2D eigenvalue weighted by molar-refractivity contribution is 6.05. The van der Waals surface area contributed by atoms with Crippen molar-refractivity contribution in [1.29, 1.82) is 0 Å². The molecular formula is C19H24N4O4. The molecule has 0 saturated carbocycles. The summed E-state index contributed by atoms with van der Waals surface area (Å²) in [6, 6.07) is 3.68. The second-order valence-corrected chi connectivity index (χ2v) is 6.65. The minimum Gasteiger partial charge on any atom is -0.493 e. The van der Waals surface area contributed by atoms with Crippen molar-refractivity contribution in [2.45, 2.75) is 13.0 Å². The predicted molar refractivity (Wildman–Crippen MR) is 103 cm³/mol. The zero-order valence-corrected chi connectivity index (χ0v) is 15.7. The normalized spacial score (nSPS) is 15.5. The number of benzene rings is 1. The van der Waals surface area contributed by atoms with Crippen LogP contribution in [-0.4, -0.2) is 66.5 Å². The van der Waals surface area contributed by atoms with Gasteiger partial charge >= 0.3 is 0 Å². The number of H-pyrrole nitrogens is 1. The summed E-state index contributed by atoms with van der Waals surface area (Å²) in [6.45, 7) is 5.08. The highest BCUT2D eigenvalue weighted by Gasteiger charge is 2.15. The molecule has 144 valence electrons. The lowest BCUT2D eigenvalue weighted by atomic mass is 10.2. The smallest absolute Gasteiger partial charge is 0.277 e. The third kappa shape index (κ3) is 3.38. The van der Waals surface area contributed by atoms with E-state index in [9.17, 15) is 4.79 Å². The van der Waals surface area contributed by atoms with Gasteiger partial charge in [0.2, 0.25) is 0 Å². The van der Waals surface area contributed by atoms with Crippen molar-refractivity contribution in [3.05, 3.63) is 28.8 Å². The van der Waals surface area contributed by atoms with Crippen LogP contribution in [0.2, 0.25) is 0 Å². The van der Waals surface area contributed by atoms with E-state index in [1.807, 2.05) is 12.1 Å². The fourth-order valence-corrected chi connectivity index (χ4v) is 3.57. The van der Waals surface area contributed by atoms with Gasteiger partial charge in [0.15, 0.2) is 11.5 Å². The molecule has 1 aromatic carbocycles. The van der Waals surface area contributed by atoms with Gasteiger partial charge in [-0.25, -0.2) is 4.98 Å². The Hall–Kier alpha value is -2.58. The van der Waals surface area contributed by atoms with E-state index in [2.05, 4.69) is 14.9 Å². The largest absolute Gasteiger partial charge is 0.493 e. The summed E-state index contributed by atoms with van der Waals surface area (Å²) in [7, 11) is 3.18. The average molecular weight is 372 g/mol. The third-order valence-corrected chi connectivity index (χ3v) is 5.05. The van der Waals surface area contributed by atoms with Crippen LogP contribution < -0.4 is 15.0 Å². The highest BCUT2D eigenvalue weighted by atomic mass is 16.5. The summed E-state index contributed by atoms with van der Waals surface area (Å²) in [5.74, 6) is 1.23. The van der Waals surface area contributed by atoms with Gasteiger partial charge in [-0.3, -0.25) is 14.3 Å². The first kappa shape index (κ1) is 17.8. The van der Waals surface area contributed by atoms with Crippen LogP contribution in [-0.2, 0) is 11.3 Å². The molecule has 0 aliphatic carbocycles. The molecule has 0 unspecified atom stereocenters. The molecule has 2 aromatic heterocycles. The quantitative estimate of drug-likeness (QED) is 0.708. The maximum atomic E-state index is 12.9. The Kier molecular flexibility index (Phi) is 5.00. The number of nitrogens with one attached hydrogen (secondary N) is 1. The molecule has 8 heteroatoms. The van der Waals surface area contributed by atoms with E-state index in [0.717, 1.165) is 50.2 Å². The molecule has 0 spiro atoms. The Morgan fingerprint density at radius 3 is 2.63 bits per heavy atom. The van der Waals surface area contributed by atoms with E-state index in [1.165, 1.54) is 0 Å². The van der Waals surface area contributed by atoms with Gasteiger partial charge in [0.05, 0.1) is 39.3 Å². The number of ether oxygens (including phenoxy) is 3. The Bertz CT molecular complexity index is 1000. The standard InChI is InChI=1S/C19H24N4O4/c1-25-15-10-13-14(11-16(15)26-2)21-18-17(13)20-12-23(19(18)24)5-3-4-22-6-8-27-9-7-22/h10-12,21H,3-9H2,1-2H3. The first-order chi connectivity index (χ1) is 13.2. The van der Waals surface area contributed by atoms with Gasteiger partial charge in [0, 0.05) is 37.6 Å².